The number of nitrogens with zero attached hydrogens (tertiary/aromatic N) is 1. The van der Waals surface area contributed by atoms with Gasteiger partial charge in [-0.3, -0.25) is 4.90 Å². The fourth-order valence-corrected chi connectivity index (χ4v) is 3.15. The summed E-state index contributed by atoms with van der Waals surface area (Å²) < 4.78 is 11.9. The third-order valence-electron chi connectivity index (χ3n) is 3.68. The zero-order valence-corrected chi connectivity index (χ0v) is 11.1. The van der Waals surface area contributed by atoms with E-state index in [0.717, 1.165) is 24.2 Å². The maximum absolute atomic E-state index is 10.3. The Balaban J connectivity index is 1.71. The quantitative estimate of drug-likeness (QED) is 0.907. The van der Waals surface area contributed by atoms with Crippen molar-refractivity contribution in [2.24, 2.45) is 0 Å². The molecule has 4 nitrogen and oxygen atoms in total. The third-order valence-corrected chi connectivity index (χ3v) is 4.34. The van der Waals surface area contributed by atoms with E-state index < -0.39 is 6.10 Å². The number of morpholine rings is 1. The minimum atomic E-state index is -0.694. The van der Waals surface area contributed by atoms with Crippen LogP contribution < -0.4 is 0 Å². The first-order valence-electron chi connectivity index (χ1n) is 6.02. The molecule has 1 aromatic rings. The normalized spacial score (nSPS) is 31.4. The van der Waals surface area contributed by atoms with Crippen LogP contribution in [0.25, 0.3) is 0 Å². The van der Waals surface area contributed by atoms with Crippen LogP contribution in [0.4, 0.5) is 0 Å². The molecular weight excluding hydrogens is 286 g/mol. The summed E-state index contributed by atoms with van der Waals surface area (Å²) in [4.78, 5) is 2.41. The number of fused-ring (bicyclic) bond motifs is 1. The van der Waals surface area contributed by atoms with Gasteiger partial charge in [-0.15, -0.1) is 0 Å². The summed E-state index contributed by atoms with van der Waals surface area (Å²) in [5.41, 5.74) is 0. The number of hydrogen-bond donors (Lipinski definition) is 1. The van der Waals surface area contributed by atoms with Crippen LogP contribution in [-0.2, 0) is 4.74 Å². The predicted molar refractivity (Wildman–Crippen MR) is 65.7 cm³/mol. The fourth-order valence-electron chi connectivity index (χ4n) is 2.72. The third kappa shape index (κ3) is 2.17. The Bertz CT molecular complexity index is 395. The summed E-state index contributed by atoms with van der Waals surface area (Å²) in [6, 6.07) is 2.35. The number of ether oxygens (including phenoxy) is 1. The van der Waals surface area contributed by atoms with Gasteiger partial charge in [-0.2, -0.15) is 0 Å². The van der Waals surface area contributed by atoms with Gasteiger partial charge in [-0.05, 0) is 41.4 Å². The average molecular weight is 302 g/mol. The number of furan rings is 1. The minimum absolute atomic E-state index is 0.188. The Morgan fingerprint density at radius 3 is 3.18 bits per heavy atom. The maximum Gasteiger partial charge on any atom is 0.149 e. The van der Waals surface area contributed by atoms with Crippen molar-refractivity contribution >= 4 is 15.9 Å². The topological polar surface area (TPSA) is 45.8 Å². The second-order valence-electron chi connectivity index (χ2n) is 4.74. The Morgan fingerprint density at radius 2 is 2.41 bits per heavy atom. The molecule has 5 heteroatoms. The number of aliphatic hydroxyl groups excluding tert-OH is 1. The van der Waals surface area contributed by atoms with Crippen molar-refractivity contribution in [3.8, 4) is 0 Å². The summed E-state index contributed by atoms with van der Waals surface area (Å²) >= 11 is 3.37. The van der Waals surface area contributed by atoms with E-state index in [1.807, 2.05) is 0 Å². The van der Waals surface area contributed by atoms with E-state index in [0.29, 0.717) is 11.8 Å². The number of rotatable bonds is 2. The molecule has 0 aromatic carbocycles. The Kier molecular flexibility index (Phi) is 3.25. The fraction of sp³-hybridized carbons (Fsp3) is 0.667. The smallest absolute Gasteiger partial charge is 0.149 e. The molecular formula is C12H16BrNO3. The molecule has 2 fully saturated rings. The highest BCUT2D eigenvalue weighted by Crippen LogP contribution is 2.32. The molecule has 3 rings (SSSR count). The molecule has 1 N–H and O–H groups in total. The highest BCUT2D eigenvalue weighted by molar-refractivity contribution is 9.10. The summed E-state index contributed by atoms with van der Waals surface area (Å²) in [7, 11) is 0. The van der Waals surface area contributed by atoms with Gasteiger partial charge in [-0.1, -0.05) is 0 Å². The summed E-state index contributed by atoms with van der Waals surface area (Å²) in [5.74, 6) is 0.563. The molecule has 17 heavy (non-hydrogen) atoms. The van der Waals surface area contributed by atoms with Crippen LogP contribution in [0.2, 0.25) is 0 Å². The van der Waals surface area contributed by atoms with Crippen LogP contribution in [0.5, 0.6) is 0 Å². The van der Waals surface area contributed by atoms with Gasteiger partial charge in [0.1, 0.15) is 18.0 Å². The Labute approximate surface area is 109 Å². The van der Waals surface area contributed by atoms with E-state index in [1.54, 1.807) is 12.3 Å². The van der Waals surface area contributed by atoms with E-state index in [4.69, 9.17) is 9.15 Å². The molecule has 3 unspecified atom stereocenters. The number of aliphatic hydroxyl groups is 1. The Morgan fingerprint density at radius 1 is 1.53 bits per heavy atom. The maximum atomic E-state index is 10.3. The highest BCUT2D eigenvalue weighted by atomic mass is 79.9. The molecule has 3 atom stereocenters. The summed E-state index contributed by atoms with van der Waals surface area (Å²) in [5, 5.41) is 10.3. The molecule has 2 aliphatic heterocycles. The number of hydrogen-bond acceptors (Lipinski definition) is 4. The molecule has 2 saturated heterocycles. The molecule has 0 bridgehead atoms. The molecule has 1 aromatic heterocycles. The number of halogens is 1. The van der Waals surface area contributed by atoms with Crippen molar-refractivity contribution in [3.05, 3.63) is 22.6 Å². The SMILES string of the molecule is OC(c1occc1Br)C1CN2CCCC2CO1. The van der Waals surface area contributed by atoms with Gasteiger partial charge in [-0.25, -0.2) is 0 Å². The van der Waals surface area contributed by atoms with Gasteiger partial charge < -0.3 is 14.3 Å². The largest absolute Gasteiger partial charge is 0.465 e. The zero-order valence-electron chi connectivity index (χ0n) is 9.51. The van der Waals surface area contributed by atoms with Gasteiger partial charge in [0.05, 0.1) is 17.3 Å². The van der Waals surface area contributed by atoms with Crippen LogP contribution in [-0.4, -0.2) is 41.8 Å². The lowest BCUT2D eigenvalue weighted by atomic mass is 10.1. The van der Waals surface area contributed by atoms with Crippen molar-refractivity contribution in [1.29, 1.82) is 0 Å². The van der Waals surface area contributed by atoms with Crippen LogP contribution in [0.15, 0.2) is 21.2 Å². The first-order chi connectivity index (χ1) is 8.25. The molecule has 2 aliphatic rings. The van der Waals surface area contributed by atoms with E-state index in [2.05, 4.69) is 20.8 Å². The lowest BCUT2D eigenvalue weighted by Gasteiger charge is -2.36. The van der Waals surface area contributed by atoms with Crippen LogP contribution in [0.3, 0.4) is 0 Å². The predicted octanol–water partition coefficient (Wildman–Crippen LogP) is 1.94. The lowest BCUT2D eigenvalue weighted by Crippen LogP contribution is -2.48. The first-order valence-corrected chi connectivity index (χ1v) is 6.81. The summed E-state index contributed by atoms with van der Waals surface area (Å²) in [6.45, 7) is 2.63. The second kappa shape index (κ2) is 4.72. The molecule has 0 radical (unpaired) electrons. The van der Waals surface area contributed by atoms with E-state index in [-0.39, 0.29) is 6.10 Å². The van der Waals surface area contributed by atoms with Gasteiger partial charge in [0.25, 0.3) is 0 Å². The van der Waals surface area contributed by atoms with Crippen LogP contribution in [0.1, 0.15) is 24.7 Å². The van der Waals surface area contributed by atoms with E-state index in [9.17, 15) is 5.11 Å². The van der Waals surface area contributed by atoms with Crippen molar-refractivity contribution in [2.45, 2.75) is 31.1 Å². The average Bonchev–Trinajstić information content (AvgIpc) is 2.95. The molecule has 0 amide bonds. The van der Waals surface area contributed by atoms with Crippen molar-refractivity contribution in [3.63, 3.8) is 0 Å². The van der Waals surface area contributed by atoms with E-state index >= 15 is 0 Å². The molecule has 0 aliphatic carbocycles. The standard InChI is InChI=1S/C12H16BrNO3/c13-9-3-5-16-12(9)11(15)10-6-14-4-1-2-8(14)7-17-10/h3,5,8,10-11,15H,1-2,4,6-7H2. The second-order valence-corrected chi connectivity index (χ2v) is 5.59. The lowest BCUT2D eigenvalue weighted by molar-refractivity contribution is -0.108. The van der Waals surface area contributed by atoms with Crippen molar-refractivity contribution in [1.82, 2.24) is 4.90 Å². The molecule has 0 saturated carbocycles. The van der Waals surface area contributed by atoms with Gasteiger partial charge >= 0.3 is 0 Å². The Hall–Kier alpha value is -0.360. The van der Waals surface area contributed by atoms with E-state index in [1.165, 1.54) is 12.8 Å². The highest BCUT2D eigenvalue weighted by Gasteiger charge is 2.37. The van der Waals surface area contributed by atoms with Crippen LogP contribution >= 0.6 is 15.9 Å². The summed E-state index contributed by atoms with van der Waals surface area (Å²) in [6.07, 6.45) is 3.14. The van der Waals surface area contributed by atoms with Crippen molar-refractivity contribution < 1.29 is 14.3 Å². The molecule has 3 heterocycles. The van der Waals surface area contributed by atoms with Crippen molar-refractivity contribution in [2.75, 3.05) is 19.7 Å². The molecule has 94 valence electrons. The van der Waals surface area contributed by atoms with Gasteiger partial charge in [0.2, 0.25) is 0 Å². The minimum Gasteiger partial charge on any atom is -0.465 e. The molecule has 0 spiro atoms. The van der Waals surface area contributed by atoms with Gasteiger partial charge in [0.15, 0.2) is 0 Å². The first kappa shape index (κ1) is 11.7. The monoisotopic (exact) mass is 301 g/mol. The van der Waals surface area contributed by atoms with Gasteiger partial charge in [0, 0.05) is 12.6 Å². The zero-order chi connectivity index (χ0) is 11.8. The van der Waals surface area contributed by atoms with Crippen LogP contribution in [0, 0.1) is 0 Å².